The van der Waals surface area contributed by atoms with Crippen LogP contribution >= 0.6 is 11.8 Å². The third-order valence-electron chi connectivity index (χ3n) is 4.90. The second kappa shape index (κ2) is 6.79. The van der Waals surface area contributed by atoms with Crippen LogP contribution in [0.3, 0.4) is 0 Å². The minimum absolute atomic E-state index is 0.112. The Morgan fingerprint density at radius 1 is 1.18 bits per heavy atom. The number of hydrogen-bond acceptors (Lipinski definition) is 5. The van der Waals surface area contributed by atoms with Crippen molar-refractivity contribution in [2.45, 2.75) is 29.8 Å². The molecule has 8 heteroatoms. The highest BCUT2D eigenvalue weighted by Crippen LogP contribution is 2.42. The van der Waals surface area contributed by atoms with Gasteiger partial charge in [0.25, 0.3) is 5.69 Å². The summed E-state index contributed by atoms with van der Waals surface area (Å²) >= 11 is 1.57. The molecule has 2 aromatic heterocycles. The van der Waals surface area contributed by atoms with Gasteiger partial charge in [-0.05, 0) is 24.5 Å². The summed E-state index contributed by atoms with van der Waals surface area (Å²) in [6.07, 6.45) is 4.23. The van der Waals surface area contributed by atoms with E-state index in [1.807, 2.05) is 24.4 Å². The van der Waals surface area contributed by atoms with E-state index in [2.05, 4.69) is 31.9 Å². The van der Waals surface area contributed by atoms with Crippen molar-refractivity contribution in [3.05, 3.63) is 70.4 Å². The largest absolute Gasteiger partial charge is 0.360 e. The number of non-ortho nitro benzene ring substituents is 1. The van der Waals surface area contributed by atoms with E-state index in [9.17, 15) is 10.1 Å². The van der Waals surface area contributed by atoms with Crippen molar-refractivity contribution < 1.29 is 4.92 Å². The fourth-order valence-corrected chi connectivity index (χ4v) is 4.33. The van der Waals surface area contributed by atoms with Gasteiger partial charge in [-0.1, -0.05) is 42.1 Å². The summed E-state index contributed by atoms with van der Waals surface area (Å²) in [4.78, 5) is 13.9. The molecule has 0 unspecified atom stereocenters. The van der Waals surface area contributed by atoms with Crippen LogP contribution in [0.25, 0.3) is 22.3 Å². The number of fused-ring (bicyclic) bond motifs is 1. The molecule has 140 valence electrons. The van der Waals surface area contributed by atoms with E-state index in [1.165, 1.54) is 6.07 Å². The number of nitro benzene ring substituents is 1. The third kappa shape index (κ3) is 3.05. The molecule has 0 bridgehead atoms. The van der Waals surface area contributed by atoms with E-state index in [0.29, 0.717) is 11.8 Å². The molecule has 5 rings (SSSR count). The molecule has 1 aliphatic carbocycles. The standard InChI is InChI=1S/C20H17N5O2S/c26-25(27)15-5-3-4-13(10-15)12-28-20-23-22-19(24(20)14-8-9-14)17-11-21-18-7-2-1-6-16(17)18/h1-7,10-11,14,21H,8-9,12H2. The third-order valence-corrected chi connectivity index (χ3v) is 5.91. The quantitative estimate of drug-likeness (QED) is 0.285. The van der Waals surface area contributed by atoms with Crippen LogP contribution in [0.5, 0.6) is 0 Å². The molecule has 1 N–H and O–H groups in total. The van der Waals surface area contributed by atoms with Crippen molar-refractivity contribution in [3.8, 4) is 11.4 Å². The molecule has 2 aromatic carbocycles. The number of nitro groups is 1. The molecule has 0 spiro atoms. The van der Waals surface area contributed by atoms with Crippen LogP contribution in [0.2, 0.25) is 0 Å². The Morgan fingerprint density at radius 3 is 2.86 bits per heavy atom. The molecule has 1 saturated carbocycles. The summed E-state index contributed by atoms with van der Waals surface area (Å²) in [6.45, 7) is 0. The lowest BCUT2D eigenvalue weighted by Gasteiger charge is -2.08. The van der Waals surface area contributed by atoms with Gasteiger partial charge in [-0.25, -0.2) is 0 Å². The maximum absolute atomic E-state index is 11.0. The number of hydrogen-bond donors (Lipinski definition) is 1. The summed E-state index contributed by atoms with van der Waals surface area (Å²) in [5.41, 5.74) is 3.14. The Morgan fingerprint density at radius 2 is 2.04 bits per heavy atom. The highest BCUT2D eigenvalue weighted by atomic mass is 32.2. The summed E-state index contributed by atoms with van der Waals surface area (Å²) < 4.78 is 2.22. The van der Waals surface area contributed by atoms with Crippen LogP contribution in [-0.2, 0) is 5.75 Å². The molecule has 2 heterocycles. The van der Waals surface area contributed by atoms with Crippen molar-refractivity contribution in [1.82, 2.24) is 19.7 Å². The van der Waals surface area contributed by atoms with Crippen molar-refractivity contribution in [2.75, 3.05) is 0 Å². The Hall–Kier alpha value is -3.13. The van der Waals surface area contributed by atoms with Crippen LogP contribution in [0.1, 0.15) is 24.4 Å². The second-order valence-electron chi connectivity index (χ2n) is 6.87. The lowest BCUT2D eigenvalue weighted by Crippen LogP contribution is -1.99. The number of thioether (sulfide) groups is 1. The molecule has 4 aromatic rings. The number of nitrogens with zero attached hydrogens (tertiary/aromatic N) is 4. The molecular formula is C20H17N5O2S. The molecule has 1 aliphatic rings. The highest BCUT2D eigenvalue weighted by molar-refractivity contribution is 7.98. The van der Waals surface area contributed by atoms with Gasteiger partial charge in [-0.2, -0.15) is 0 Å². The lowest BCUT2D eigenvalue weighted by atomic mass is 10.1. The predicted octanol–water partition coefficient (Wildman–Crippen LogP) is 4.96. The van der Waals surface area contributed by atoms with Gasteiger partial charge in [0.1, 0.15) is 0 Å². The van der Waals surface area contributed by atoms with Gasteiger partial charge < -0.3 is 4.98 Å². The van der Waals surface area contributed by atoms with E-state index in [1.54, 1.807) is 23.9 Å². The molecule has 1 fully saturated rings. The molecular weight excluding hydrogens is 374 g/mol. The first-order valence-electron chi connectivity index (χ1n) is 9.08. The zero-order chi connectivity index (χ0) is 19.1. The molecule has 28 heavy (non-hydrogen) atoms. The number of aromatic nitrogens is 4. The average Bonchev–Trinajstić information content (AvgIpc) is 3.33. The van der Waals surface area contributed by atoms with Gasteiger partial charge in [-0.15, -0.1) is 10.2 Å². The molecule has 0 aliphatic heterocycles. The van der Waals surface area contributed by atoms with Gasteiger partial charge in [-0.3, -0.25) is 14.7 Å². The average molecular weight is 391 g/mol. The normalized spacial score (nSPS) is 13.9. The van der Waals surface area contributed by atoms with E-state index in [-0.39, 0.29) is 10.6 Å². The predicted molar refractivity (Wildman–Crippen MR) is 108 cm³/mol. The minimum Gasteiger partial charge on any atom is -0.360 e. The SMILES string of the molecule is O=[N+]([O-])c1cccc(CSc2nnc(-c3c[nH]c4ccccc34)n2C2CC2)c1. The van der Waals surface area contributed by atoms with Crippen molar-refractivity contribution >= 4 is 28.4 Å². The van der Waals surface area contributed by atoms with Crippen molar-refractivity contribution in [2.24, 2.45) is 0 Å². The van der Waals surface area contributed by atoms with Crippen molar-refractivity contribution in [1.29, 1.82) is 0 Å². The van der Waals surface area contributed by atoms with E-state index in [0.717, 1.165) is 45.9 Å². The summed E-state index contributed by atoms with van der Waals surface area (Å²) in [6, 6.07) is 15.3. The monoisotopic (exact) mass is 391 g/mol. The summed E-state index contributed by atoms with van der Waals surface area (Å²) in [7, 11) is 0. The number of rotatable bonds is 6. The van der Waals surface area contributed by atoms with Gasteiger partial charge in [0.05, 0.1) is 4.92 Å². The van der Waals surface area contributed by atoms with E-state index in [4.69, 9.17) is 0 Å². The Bertz CT molecular complexity index is 1180. The fraction of sp³-hybridized carbons (Fsp3) is 0.200. The highest BCUT2D eigenvalue weighted by Gasteiger charge is 2.30. The van der Waals surface area contributed by atoms with Gasteiger partial charge in [0.15, 0.2) is 11.0 Å². The maximum Gasteiger partial charge on any atom is 0.269 e. The Balaban J connectivity index is 1.47. The van der Waals surface area contributed by atoms with Crippen LogP contribution in [0.4, 0.5) is 5.69 Å². The number of H-pyrrole nitrogens is 1. The van der Waals surface area contributed by atoms with Crippen molar-refractivity contribution in [3.63, 3.8) is 0 Å². The molecule has 0 atom stereocenters. The van der Waals surface area contributed by atoms with Crippen LogP contribution in [-0.4, -0.2) is 24.7 Å². The molecule has 0 saturated heterocycles. The molecule has 0 radical (unpaired) electrons. The molecule has 0 amide bonds. The zero-order valence-corrected chi connectivity index (χ0v) is 15.7. The van der Waals surface area contributed by atoms with Gasteiger partial charge in [0.2, 0.25) is 0 Å². The van der Waals surface area contributed by atoms with Crippen LogP contribution < -0.4 is 0 Å². The first kappa shape index (κ1) is 17.0. The first-order valence-corrected chi connectivity index (χ1v) is 10.1. The minimum atomic E-state index is -0.365. The zero-order valence-electron chi connectivity index (χ0n) is 14.9. The van der Waals surface area contributed by atoms with Crippen LogP contribution in [0, 0.1) is 10.1 Å². The second-order valence-corrected chi connectivity index (χ2v) is 7.81. The first-order chi connectivity index (χ1) is 13.7. The van der Waals surface area contributed by atoms with Gasteiger partial charge >= 0.3 is 0 Å². The number of aromatic amines is 1. The number of benzene rings is 2. The number of para-hydroxylation sites is 1. The topological polar surface area (TPSA) is 89.6 Å². The molecule has 7 nitrogen and oxygen atoms in total. The Kier molecular flexibility index (Phi) is 4.12. The van der Waals surface area contributed by atoms with E-state index < -0.39 is 0 Å². The lowest BCUT2D eigenvalue weighted by molar-refractivity contribution is -0.384. The Labute approximate surface area is 164 Å². The smallest absolute Gasteiger partial charge is 0.269 e. The van der Waals surface area contributed by atoms with Gasteiger partial charge in [0, 0.05) is 46.6 Å². The maximum atomic E-state index is 11.0. The summed E-state index contributed by atoms with van der Waals surface area (Å²) in [5, 5.41) is 21.9. The fourth-order valence-electron chi connectivity index (χ4n) is 3.39. The summed E-state index contributed by atoms with van der Waals surface area (Å²) in [5.74, 6) is 1.49. The van der Waals surface area contributed by atoms with Crippen LogP contribution in [0.15, 0.2) is 59.9 Å². The number of nitrogens with one attached hydrogen (secondary N) is 1. The van der Waals surface area contributed by atoms with E-state index >= 15 is 0 Å².